The summed E-state index contributed by atoms with van der Waals surface area (Å²) >= 11 is 0.874. The number of amides is 3. The van der Waals surface area contributed by atoms with Gasteiger partial charge in [0.25, 0.3) is 11.1 Å². The van der Waals surface area contributed by atoms with Gasteiger partial charge in [0.2, 0.25) is 5.91 Å². The number of rotatable bonds is 4. The Morgan fingerprint density at radius 1 is 1.28 bits per heavy atom. The van der Waals surface area contributed by atoms with Crippen molar-refractivity contribution in [3.63, 3.8) is 0 Å². The van der Waals surface area contributed by atoms with E-state index >= 15 is 0 Å². The lowest BCUT2D eigenvalue weighted by molar-refractivity contribution is -0.135. The zero-order valence-electron chi connectivity index (χ0n) is 14.3. The Morgan fingerprint density at radius 3 is 2.64 bits per heavy atom. The van der Waals surface area contributed by atoms with E-state index in [9.17, 15) is 14.4 Å². The quantitative estimate of drug-likeness (QED) is 0.772. The van der Waals surface area contributed by atoms with Crippen LogP contribution in [0.1, 0.15) is 24.0 Å². The lowest BCUT2D eigenvalue weighted by atomic mass is 10.1. The van der Waals surface area contributed by atoms with Crippen molar-refractivity contribution in [1.29, 1.82) is 0 Å². The van der Waals surface area contributed by atoms with Gasteiger partial charge in [-0.2, -0.15) is 0 Å². The molecule has 0 atom stereocenters. The van der Waals surface area contributed by atoms with Crippen LogP contribution in [0, 0.1) is 6.92 Å². The monoisotopic (exact) mass is 360 g/mol. The molecule has 0 N–H and O–H groups in total. The third-order valence-electron chi connectivity index (χ3n) is 4.34. The van der Waals surface area contributed by atoms with E-state index in [-0.39, 0.29) is 12.5 Å². The Labute approximate surface area is 150 Å². The first-order chi connectivity index (χ1) is 12.0. The van der Waals surface area contributed by atoms with Crippen molar-refractivity contribution in [3.05, 3.63) is 34.2 Å². The maximum absolute atomic E-state index is 12.5. The van der Waals surface area contributed by atoms with Gasteiger partial charge in [0.05, 0.1) is 12.0 Å². The summed E-state index contributed by atoms with van der Waals surface area (Å²) in [6.07, 6.45) is 3.63. The fourth-order valence-corrected chi connectivity index (χ4v) is 3.82. The van der Waals surface area contributed by atoms with Crippen LogP contribution in [0.2, 0.25) is 0 Å². The number of hydrogen-bond acceptors (Lipinski definition) is 5. The van der Waals surface area contributed by atoms with Crippen LogP contribution in [0.3, 0.4) is 0 Å². The van der Waals surface area contributed by atoms with Gasteiger partial charge in [-0.05, 0) is 60.9 Å². The molecule has 0 saturated carbocycles. The van der Waals surface area contributed by atoms with Crippen molar-refractivity contribution < 1.29 is 19.1 Å². The molecule has 0 aromatic heterocycles. The molecule has 1 aromatic rings. The van der Waals surface area contributed by atoms with Gasteiger partial charge in [-0.15, -0.1) is 0 Å². The number of hydrogen-bond donors (Lipinski definition) is 0. The molecule has 0 radical (unpaired) electrons. The molecule has 2 fully saturated rings. The maximum Gasteiger partial charge on any atom is 0.294 e. The Hall–Kier alpha value is -2.28. The van der Waals surface area contributed by atoms with E-state index in [2.05, 4.69) is 0 Å². The number of nitrogens with zero attached hydrogens (tertiary/aromatic N) is 2. The first-order valence-corrected chi connectivity index (χ1v) is 8.99. The molecule has 2 aliphatic heterocycles. The van der Waals surface area contributed by atoms with Crippen LogP contribution in [0.25, 0.3) is 6.08 Å². The van der Waals surface area contributed by atoms with Gasteiger partial charge in [-0.25, -0.2) is 0 Å². The maximum atomic E-state index is 12.5. The van der Waals surface area contributed by atoms with E-state index in [0.717, 1.165) is 46.4 Å². The Balaban J connectivity index is 1.74. The second kappa shape index (κ2) is 7.31. The summed E-state index contributed by atoms with van der Waals surface area (Å²) in [7, 11) is 1.60. The highest BCUT2D eigenvalue weighted by atomic mass is 32.2. The van der Waals surface area contributed by atoms with E-state index in [4.69, 9.17) is 4.74 Å². The normalized spacial score (nSPS) is 19.2. The van der Waals surface area contributed by atoms with Gasteiger partial charge in [0.1, 0.15) is 12.3 Å². The highest BCUT2D eigenvalue weighted by molar-refractivity contribution is 8.18. The second-order valence-corrected chi connectivity index (χ2v) is 7.08. The van der Waals surface area contributed by atoms with Crippen molar-refractivity contribution in [2.75, 3.05) is 26.7 Å². The Morgan fingerprint density at radius 2 is 2.00 bits per heavy atom. The first-order valence-electron chi connectivity index (χ1n) is 8.17. The fourth-order valence-electron chi connectivity index (χ4n) is 2.98. The summed E-state index contributed by atoms with van der Waals surface area (Å²) in [5.74, 6) is 0.193. The SMILES string of the molecule is COc1ccc(C=C2SC(=O)N(CC(=O)N3CCCC3)C2=O)cc1C. The molecule has 1 aromatic carbocycles. The van der Waals surface area contributed by atoms with E-state index in [1.54, 1.807) is 18.1 Å². The third-order valence-corrected chi connectivity index (χ3v) is 5.25. The van der Waals surface area contributed by atoms with Crippen LogP contribution in [0.5, 0.6) is 5.75 Å². The number of likely N-dealkylation sites (tertiary alicyclic amines) is 1. The molecule has 0 spiro atoms. The van der Waals surface area contributed by atoms with E-state index < -0.39 is 11.1 Å². The molecular weight excluding hydrogens is 340 g/mol. The molecule has 0 aliphatic carbocycles. The summed E-state index contributed by atoms with van der Waals surface area (Å²) in [5, 5.41) is -0.394. The summed E-state index contributed by atoms with van der Waals surface area (Å²) in [5.41, 5.74) is 1.76. The zero-order chi connectivity index (χ0) is 18.0. The molecule has 0 bridgehead atoms. The highest BCUT2D eigenvalue weighted by Crippen LogP contribution is 2.33. The molecule has 3 rings (SSSR count). The number of ether oxygens (including phenoxy) is 1. The first kappa shape index (κ1) is 17.5. The Bertz CT molecular complexity index is 753. The average molecular weight is 360 g/mol. The lowest BCUT2D eigenvalue weighted by Gasteiger charge is -2.18. The minimum Gasteiger partial charge on any atom is -0.496 e. The minimum absolute atomic E-state index is 0.165. The summed E-state index contributed by atoms with van der Waals surface area (Å²) in [6, 6.07) is 5.54. The molecule has 25 heavy (non-hydrogen) atoms. The highest BCUT2D eigenvalue weighted by Gasteiger charge is 2.37. The Kier molecular flexibility index (Phi) is 5.13. The summed E-state index contributed by atoms with van der Waals surface area (Å²) < 4.78 is 5.22. The van der Waals surface area contributed by atoms with Gasteiger partial charge in [-0.3, -0.25) is 19.3 Å². The average Bonchev–Trinajstić information content (AvgIpc) is 3.20. The molecule has 2 heterocycles. The lowest BCUT2D eigenvalue weighted by Crippen LogP contribution is -2.40. The van der Waals surface area contributed by atoms with Crippen molar-refractivity contribution in [1.82, 2.24) is 9.80 Å². The third kappa shape index (κ3) is 3.71. The van der Waals surface area contributed by atoms with Crippen LogP contribution in [-0.2, 0) is 9.59 Å². The van der Waals surface area contributed by atoms with Crippen molar-refractivity contribution in [3.8, 4) is 5.75 Å². The van der Waals surface area contributed by atoms with Gasteiger partial charge < -0.3 is 9.64 Å². The summed E-state index contributed by atoms with van der Waals surface area (Å²) in [4.78, 5) is 39.9. The van der Waals surface area contributed by atoms with Crippen LogP contribution >= 0.6 is 11.8 Å². The van der Waals surface area contributed by atoms with Gasteiger partial charge >= 0.3 is 0 Å². The van der Waals surface area contributed by atoms with Gasteiger partial charge in [0, 0.05) is 13.1 Å². The molecular formula is C18H20N2O4S. The smallest absolute Gasteiger partial charge is 0.294 e. The van der Waals surface area contributed by atoms with Crippen molar-refractivity contribution >= 4 is 34.9 Å². The summed E-state index contributed by atoms with van der Waals surface area (Å²) in [6.45, 7) is 3.15. The number of methoxy groups -OCH3 is 1. The van der Waals surface area contributed by atoms with Crippen molar-refractivity contribution in [2.24, 2.45) is 0 Å². The van der Waals surface area contributed by atoms with Crippen LogP contribution < -0.4 is 4.74 Å². The molecule has 2 saturated heterocycles. The second-order valence-electron chi connectivity index (χ2n) is 6.08. The minimum atomic E-state index is -0.406. The zero-order valence-corrected chi connectivity index (χ0v) is 15.1. The van der Waals surface area contributed by atoms with Crippen LogP contribution in [-0.4, -0.2) is 53.6 Å². The van der Waals surface area contributed by atoms with Crippen molar-refractivity contribution in [2.45, 2.75) is 19.8 Å². The molecule has 3 amide bonds. The molecule has 132 valence electrons. The molecule has 0 unspecified atom stereocenters. The van der Waals surface area contributed by atoms with Gasteiger partial charge in [-0.1, -0.05) is 6.07 Å². The number of imide groups is 1. The van der Waals surface area contributed by atoms with E-state index in [0.29, 0.717) is 18.0 Å². The predicted molar refractivity (Wildman–Crippen MR) is 96.2 cm³/mol. The van der Waals surface area contributed by atoms with E-state index in [1.165, 1.54) is 0 Å². The van der Waals surface area contributed by atoms with Crippen LogP contribution in [0.15, 0.2) is 23.1 Å². The standard InChI is InChI=1S/C18H20N2O4S/c1-12-9-13(5-6-14(12)24-2)10-15-17(22)20(18(23)25-15)11-16(21)19-7-3-4-8-19/h5-6,9-10H,3-4,7-8,11H2,1-2H3. The number of carbonyl (C=O) groups is 3. The molecule has 7 heteroatoms. The topological polar surface area (TPSA) is 66.9 Å². The molecule has 2 aliphatic rings. The fraction of sp³-hybridized carbons (Fsp3) is 0.389. The number of benzene rings is 1. The number of thioether (sulfide) groups is 1. The van der Waals surface area contributed by atoms with Gasteiger partial charge in [0.15, 0.2) is 0 Å². The number of carbonyl (C=O) groups excluding carboxylic acids is 3. The number of aryl methyl sites for hydroxylation is 1. The largest absolute Gasteiger partial charge is 0.496 e. The molecule has 6 nitrogen and oxygen atoms in total. The van der Waals surface area contributed by atoms with E-state index in [1.807, 2.05) is 25.1 Å². The predicted octanol–water partition coefficient (Wildman–Crippen LogP) is 2.66. The van der Waals surface area contributed by atoms with Crippen LogP contribution in [0.4, 0.5) is 4.79 Å².